The molecule has 0 aliphatic heterocycles. The lowest BCUT2D eigenvalue weighted by Gasteiger charge is -2.23. The molecule has 0 heterocycles. The number of amides is 1. The maximum atomic E-state index is 12.7. The molecule has 1 rings (SSSR count). The van der Waals surface area contributed by atoms with E-state index in [1.807, 2.05) is 30.3 Å². The molecule has 1 amide bonds. The predicted molar refractivity (Wildman–Crippen MR) is 133 cm³/mol. The molecule has 0 bridgehead atoms. The molecular weight excluding hydrogens is 400 g/mol. The summed E-state index contributed by atoms with van der Waals surface area (Å²) in [6, 6.07) is 8.57. The Morgan fingerprint density at radius 2 is 1.31 bits per heavy atom. The van der Waals surface area contributed by atoms with Crippen molar-refractivity contribution in [3.05, 3.63) is 35.9 Å². The van der Waals surface area contributed by atoms with Gasteiger partial charge in [0.05, 0.1) is 6.54 Å². The fourth-order valence-corrected chi connectivity index (χ4v) is 3.99. The van der Waals surface area contributed by atoms with Crippen LogP contribution in [0.3, 0.4) is 0 Å². The third-order valence-corrected chi connectivity index (χ3v) is 5.94. The summed E-state index contributed by atoms with van der Waals surface area (Å²) in [5.74, 6) is -1.18. The Bertz CT molecular complexity index is 590. The molecule has 1 aromatic carbocycles. The Labute approximate surface area is 196 Å². The first-order valence-electron chi connectivity index (χ1n) is 12.8. The van der Waals surface area contributed by atoms with Crippen molar-refractivity contribution >= 4 is 11.9 Å². The van der Waals surface area contributed by atoms with Crippen LogP contribution in [0.5, 0.6) is 0 Å². The van der Waals surface area contributed by atoms with Gasteiger partial charge in [0.25, 0.3) is 0 Å². The van der Waals surface area contributed by atoms with Crippen molar-refractivity contribution in [3.63, 3.8) is 0 Å². The number of carbonyl (C=O) groups is 2. The van der Waals surface area contributed by atoms with Crippen LogP contribution in [0, 0.1) is 0 Å². The van der Waals surface area contributed by atoms with Crippen LogP contribution < -0.4 is 5.32 Å². The maximum Gasteiger partial charge on any atom is 0.326 e. The summed E-state index contributed by atoms with van der Waals surface area (Å²) in [6.07, 6.45) is 15.0. The third-order valence-electron chi connectivity index (χ3n) is 5.94. The molecule has 1 atom stereocenters. The fraction of sp³-hybridized carbons (Fsp3) is 0.704. The normalized spacial score (nSPS) is 12.1. The van der Waals surface area contributed by atoms with Gasteiger partial charge in [0.1, 0.15) is 6.04 Å². The zero-order valence-electron chi connectivity index (χ0n) is 20.5. The Balaban J connectivity index is 2.50. The Hall–Kier alpha value is -1.88. The van der Waals surface area contributed by atoms with Crippen molar-refractivity contribution in [1.82, 2.24) is 10.2 Å². The standard InChI is InChI=1S/C27H46N2O3/c1-3-5-7-9-11-16-20-29(21-17-12-10-8-6-4-2)23-26(30)28-25(27(31)32)22-24-18-14-13-15-19-24/h13-15,18-19,25H,3-12,16-17,20-23H2,1-2H3,(H,28,30)(H,31,32)/t25-/m0/s1. The second-order valence-electron chi connectivity index (χ2n) is 8.96. The van der Waals surface area contributed by atoms with E-state index in [0.717, 1.165) is 31.5 Å². The fourth-order valence-electron chi connectivity index (χ4n) is 3.99. The monoisotopic (exact) mass is 446 g/mol. The molecule has 182 valence electrons. The Kier molecular flexibility index (Phi) is 16.4. The number of unbranched alkanes of at least 4 members (excludes halogenated alkanes) is 10. The highest BCUT2D eigenvalue weighted by molar-refractivity contribution is 5.84. The summed E-state index contributed by atoms with van der Waals surface area (Å²) in [4.78, 5) is 26.6. The molecule has 0 aliphatic rings. The lowest BCUT2D eigenvalue weighted by atomic mass is 10.1. The number of carbonyl (C=O) groups excluding carboxylic acids is 1. The molecule has 0 saturated heterocycles. The number of hydrogen-bond acceptors (Lipinski definition) is 3. The summed E-state index contributed by atoms with van der Waals surface area (Å²) in [7, 11) is 0. The predicted octanol–water partition coefficient (Wildman–Crippen LogP) is 5.82. The Morgan fingerprint density at radius 3 is 1.81 bits per heavy atom. The topological polar surface area (TPSA) is 69.6 Å². The summed E-state index contributed by atoms with van der Waals surface area (Å²) < 4.78 is 0. The smallest absolute Gasteiger partial charge is 0.326 e. The highest BCUT2D eigenvalue weighted by atomic mass is 16.4. The van der Waals surface area contributed by atoms with Gasteiger partial charge in [-0.2, -0.15) is 0 Å². The molecule has 0 unspecified atom stereocenters. The van der Waals surface area contributed by atoms with E-state index >= 15 is 0 Å². The van der Waals surface area contributed by atoms with E-state index in [1.165, 1.54) is 64.2 Å². The highest BCUT2D eigenvalue weighted by Gasteiger charge is 2.21. The lowest BCUT2D eigenvalue weighted by Crippen LogP contribution is -2.47. The number of benzene rings is 1. The zero-order chi connectivity index (χ0) is 23.4. The molecule has 5 heteroatoms. The van der Waals surface area contributed by atoms with Gasteiger partial charge in [-0.1, -0.05) is 108 Å². The molecule has 0 saturated carbocycles. The van der Waals surface area contributed by atoms with E-state index in [2.05, 4.69) is 24.1 Å². The van der Waals surface area contributed by atoms with Gasteiger partial charge in [-0.05, 0) is 31.5 Å². The second-order valence-corrected chi connectivity index (χ2v) is 8.96. The first-order valence-corrected chi connectivity index (χ1v) is 12.8. The molecule has 0 fully saturated rings. The van der Waals surface area contributed by atoms with Crippen molar-refractivity contribution < 1.29 is 14.7 Å². The van der Waals surface area contributed by atoms with Crippen LogP contribution in [0.1, 0.15) is 96.5 Å². The lowest BCUT2D eigenvalue weighted by molar-refractivity contribution is -0.142. The van der Waals surface area contributed by atoms with Gasteiger partial charge in [-0.3, -0.25) is 9.69 Å². The Morgan fingerprint density at radius 1 is 0.812 bits per heavy atom. The minimum atomic E-state index is -0.986. The minimum Gasteiger partial charge on any atom is -0.480 e. The van der Waals surface area contributed by atoms with E-state index in [9.17, 15) is 14.7 Å². The van der Waals surface area contributed by atoms with Crippen LogP contribution in [0.15, 0.2) is 30.3 Å². The number of nitrogens with zero attached hydrogens (tertiary/aromatic N) is 1. The summed E-state index contributed by atoms with van der Waals surface area (Å²) in [5.41, 5.74) is 0.913. The van der Waals surface area contributed by atoms with E-state index < -0.39 is 12.0 Å². The molecule has 0 aromatic heterocycles. The van der Waals surface area contributed by atoms with Gasteiger partial charge in [-0.25, -0.2) is 4.79 Å². The second kappa shape index (κ2) is 18.7. The van der Waals surface area contributed by atoms with E-state index in [1.54, 1.807) is 0 Å². The molecule has 0 aliphatic carbocycles. The molecule has 0 spiro atoms. The van der Waals surface area contributed by atoms with Crippen LogP contribution in [0.25, 0.3) is 0 Å². The van der Waals surface area contributed by atoms with Crippen molar-refractivity contribution in [2.24, 2.45) is 0 Å². The number of carboxylic acid groups (broad SMARTS) is 1. The molecule has 5 nitrogen and oxygen atoms in total. The summed E-state index contributed by atoms with van der Waals surface area (Å²) in [6.45, 7) is 6.55. The van der Waals surface area contributed by atoms with Crippen molar-refractivity contribution in [1.29, 1.82) is 0 Å². The quantitative estimate of drug-likeness (QED) is 0.248. The minimum absolute atomic E-state index is 0.190. The largest absolute Gasteiger partial charge is 0.480 e. The van der Waals surface area contributed by atoms with Gasteiger partial charge in [-0.15, -0.1) is 0 Å². The van der Waals surface area contributed by atoms with Crippen molar-refractivity contribution in [3.8, 4) is 0 Å². The van der Waals surface area contributed by atoms with Crippen LogP contribution in [0.2, 0.25) is 0 Å². The van der Waals surface area contributed by atoms with Crippen LogP contribution >= 0.6 is 0 Å². The van der Waals surface area contributed by atoms with Crippen LogP contribution in [-0.2, 0) is 16.0 Å². The number of aliphatic carboxylic acids is 1. The van der Waals surface area contributed by atoms with Crippen LogP contribution in [-0.4, -0.2) is 47.6 Å². The van der Waals surface area contributed by atoms with Gasteiger partial charge in [0.15, 0.2) is 0 Å². The molecular formula is C27H46N2O3. The van der Waals surface area contributed by atoms with E-state index in [-0.39, 0.29) is 12.5 Å². The third kappa shape index (κ3) is 14.2. The molecule has 0 radical (unpaired) electrons. The van der Waals surface area contributed by atoms with Gasteiger partial charge in [0.2, 0.25) is 5.91 Å². The number of nitrogens with one attached hydrogen (secondary N) is 1. The average Bonchev–Trinajstić information content (AvgIpc) is 2.78. The SMILES string of the molecule is CCCCCCCCN(CCCCCCCC)CC(=O)N[C@@H](Cc1ccccc1)C(=O)O. The van der Waals surface area contributed by atoms with Crippen molar-refractivity contribution in [2.45, 2.75) is 103 Å². The van der Waals surface area contributed by atoms with Gasteiger partial charge in [0, 0.05) is 6.42 Å². The van der Waals surface area contributed by atoms with Gasteiger partial charge >= 0.3 is 5.97 Å². The zero-order valence-corrected chi connectivity index (χ0v) is 20.5. The molecule has 1 aromatic rings. The first-order chi connectivity index (χ1) is 15.6. The number of hydrogen-bond donors (Lipinski definition) is 2. The molecule has 2 N–H and O–H groups in total. The maximum absolute atomic E-state index is 12.7. The highest BCUT2D eigenvalue weighted by Crippen LogP contribution is 2.09. The first kappa shape index (κ1) is 28.2. The summed E-state index contributed by atoms with van der Waals surface area (Å²) in [5, 5.41) is 12.3. The number of rotatable bonds is 20. The van der Waals surface area contributed by atoms with E-state index in [0.29, 0.717) is 6.42 Å². The molecule has 32 heavy (non-hydrogen) atoms. The van der Waals surface area contributed by atoms with E-state index in [4.69, 9.17) is 0 Å². The van der Waals surface area contributed by atoms with Crippen molar-refractivity contribution in [2.75, 3.05) is 19.6 Å². The average molecular weight is 447 g/mol. The number of carboxylic acids is 1. The van der Waals surface area contributed by atoms with Crippen LogP contribution in [0.4, 0.5) is 0 Å². The van der Waals surface area contributed by atoms with Gasteiger partial charge < -0.3 is 10.4 Å². The summed E-state index contributed by atoms with van der Waals surface area (Å²) >= 11 is 0.